The van der Waals surface area contributed by atoms with Crippen molar-refractivity contribution in [3.05, 3.63) is 72.1 Å². The summed E-state index contributed by atoms with van der Waals surface area (Å²) < 4.78 is 16.2. The van der Waals surface area contributed by atoms with Crippen LogP contribution >= 0.6 is 0 Å². The van der Waals surface area contributed by atoms with Crippen molar-refractivity contribution < 1.29 is 19.0 Å². The third-order valence-electron chi connectivity index (χ3n) is 4.36. The van der Waals surface area contributed by atoms with Crippen molar-refractivity contribution in [1.29, 1.82) is 0 Å². The molecule has 162 valence electrons. The van der Waals surface area contributed by atoms with Crippen molar-refractivity contribution in [1.82, 2.24) is 9.97 Å². The molecular formula is C24H27N3O4. The first kappa shape index (κ1) is 22.1. The topological polar surface area (TPSA) is 73.8 Å². The monoisotopic (exact) mass is 421 g/mol. The van der Waals surface area contributed by atoms with Gasteiger partial charge in [0.15, 0.2) is 5.75 Å². The quantitative estimate of drug-likeness (QED) is 0.508. The Balaban J connectivity index is 2.03. The van der Waals surface area contributed by atoms with Crippen LogP contribution in [0.2, 0.25) is 0 Å². The van der Waals surface area contributed by atoms with E-state index >= 15 is 0 Å². The van der Waals surface area contributed by atoms with Gasteiger partial charge in [0, 0.05) is 18.1 Å². The van der Waals surface area contributed by atoms with E-state index in [4.69, 9.17) is 14.2 Å². The number of esters is 1. The highest BCUT2D eigenvalue weighted by atomic mass is 16.6. The van der Waals surface area contributed by atoms with Crippen molar-refractivity contribution in [2.45, 2.75) is 32.9 Å². The Hall–Kier alpha value is -3.61. The molecule has 0 saturated heterocycles. The number of hydrogen-bond acceptors (Lipinski definition) is 7. The van der Waals surface area contributed by atoms with Gasteiger partial charge in [-0.1, -0.05) is 12.1 Å². The van der Waals surface area contributed by atoms with Crippen LogP contribution in [-0.4, -0.2) is 35.8 Å². The number of hydrogen-bond donors (Lipinski definition) is 0. The lowest BCUT2D eigenvalue weighted by Gasteiger charge is -2.25. The SMILES string of the molecule is COc1ccc(N(Cc2cccnc2)c2cccc(C(=O)OC(C)(C)C)c2)nc1OC. The number of aromatic nitrogens is 2. The molecule has 7 heteroatoms. The van der Waals surface area contributed by atoms with Gasteiger partial charge in [0.25, 0.3) is 5.88 Å². The molecule has 0 bridgehead atoms. The van der Waals surface area contributed by atoms with Gasteiger partial charge >= 0.3 is 5.97 Å². The summed E-state index contributed by atoms with van der Waals surface area (Å²) in [4.78, 5) is 23.4. The fourth-order valence-corrected chi connectivity index (χ4v) is 2.99. The van der Waals surface area contributed by atoms with Crippen LogP contribution in [0.5, 0.6) is 11.6 Å². The average Bonchev–Trinajstić information content (AvgIpc) is 2.76. The van der Waals surface area contributed by atoms with Gasteiger partial charge in [-0.15, -0.1) is 0 Å². The Bertz CT molecular complexity index is 1030. The number of rotatable bonds is 7. The number of benzene rings is 1. The third kappa shape index (κ3) is 5.72. The maximum absolute atomic E-state index is 12.6. The largest absolute Gasteiger partial charge is 0.491 e. The van der Waals surface area contributed by atoms with Crippen LogP contribution in [0.1, 0.15) is 36.7 Å². The number of methoxy groups -OCH3 is 2. The van der Waals surface area contributed by atoms with Gasteiger partial charge in [-0.2, -0.15) is 4.98 Å². The van der Waals surface area contributed by atoms with Crippen molar-refractivity contribution in [2.75, 3.05) is 19.1 Å². The minimum absolute atomic E-state index is 0.375. The summed E-state index contributed by atoms with van der Waals surface area (Å²) in [6, 6.07) is 14.8. The zero-order chi connectivity index (χ0) is 22.4. The molecule has 7 nitrogen and oxygen atoms in total. The number of pyridine rings is 2. The highest BCUT2D eigenvalue weighted by Crippen LogP contribution is 2.32. The van der Waals surface area contributed by atoms with Crippen LogP contribution in [0.3, 0.4) is 0 Å². The number of carbonyl (C=O) groups excluding carboxylic acids is 1. The van der Waals surface area contributed by atoms with Gasteiger partial charge in [-0.05, 0) is 62.7 Å². The van der Waals surface area contributed by atoms with Crippen LogP contribution < -0.4 is 14.4 Å². The van der Waals surface area contributed by atoms with Crippen LogP contribution in [-0.2, 0) is 11.3 Å². The van der Waals surface area contributed by atoms with Gasteiger partial charge in [0.05, 0.1) is 26.3 Å². The summed E-state index contributed by atoms with van der Waals surface area (Å²) in [6.07, 6.45) is 3.52. The molecule has 0 spiro atoms. The molecule has 0 aliphatic heterocycles. The number of carbonyl (C=O) groups is 1. The highest BCUT2D eigenvalue weighted by Gasteiger charge is 2.20. The van der Waals surface area contributed by atoms with E-state index in [0.29, 0.717) is 29.6 Å². The molecule has 3 aromatic rings. The molecule has 31 heavy (non-hydrogen) atoms. The van der Waals surface area contributed by atoms with E-state index in [-0.39, 0.29) is 5.97 Å². The normalized spacial score (nSPS) is 11.0. The van der Waals surface area contributed by atoms with Gasteiger partial charge in [-0.3, -0.25) is 4.98 Å². The van der Waals surface area contributed by atoms with E-state index < -0.39 is 5.60 Å². The standard InChI is InChI=1S/C24H27N3O4/c1-24(2,3)31-23(28)18-9-6-10-19(14-18)27(16-17-8-7-13-25-15-17)21-12-11-20(29-4)22(26-21)30-5/h6-15H,16H2,1-5H3. The Labute approximate surface area is 182 Å². The van der Waals surface area contributed by atoms with E-state index in [2.05, 4.69) is 9.97 Å². The van der Waals surface area contributed by atoms with Gasteiger partial charge in [-0.25, -0.2) is 4.79 Å². The summed E-state index contributed by atoms with van der Waals surface area (Å²) in [5.41, 5.74) is 1.66. The molecule has 0 unspecified atom stereocenters. The highest BCUT2D eigenvalue weighted by molar-refractivity contribution is 5.91. The molecular weight excluding hydrogens is 394 g/mol. The Morgan fingerprint density at radius 2 is 1.84 bits per heavy atom. The molecule has 0 N–H and O–H groups in total. The van der Waals surface area contributed by atoms with Crippen molar-refractivity contribution >= 4 is 17.5 Å². The molecule has 0 radical (unpaired) electrons. The molecule has 2 heterocycles. The van der Waals surface area contributed by atoms with Crippen LogP contribution in [0.4, 0.5) is 11.5 Å². The molecule has 0 saturated carbocycles. The first-order chi connectivity index (χ1) is 14.8. The summed E-state index contributed by atoms with van der Waals surface area (Å²) in [5, 5.41) is 0. The predicted octanol–water partition coefficient (Wildman–Crippen LogP) is 4.79. The van der Waals surface area contributed by atoms with Gasteiger partial charge in [0.2, 0.25) is 0 Å². The number of nitrogens with zero attached hydrogens (tertiary/aromatic N) is 3. The minimum Gasteiger partial charge on any atom is -0.491 e. The van der Waals surface area contributed by atoms with Crippen LogP contribution in [0.25, 0.3) is 0 Å². The van der Waals surface area contributed by atoms with E-state index in [1.54, 1.807) is 44.8 Å². The summed E-state index contributed by atoms with van der Waals surface area (Å²) in [7, 11) is 3.11. The van der Waals surface area contributed by atoms with E-state index in [1.807, 2.05) is 56.0 Å². The van der Waals surface area contributed by atoms with E-state index in [1.165, 1.54) is 0 Å². The lowest BCUT2D eigenvalue weighted by molar-refractivity contribution is 0.00695. The summed E-state index contributed by atoms with van der Waals surface area (Å²) >= 11 is 0. The Morgan fingerprint density at radius 3 is 2.48 bits per heavy atom. The molecule has 2 aromatic heterocycles. The zero-order valence-corrected chi connectivity index (χ0v) is 18.5. The summed E-state index contributed by atoms with van der Waals surface area (Å²) in [5.74, 6) is 1.17. The molecule has 0 fully saturated rings. The molecule has 3 rings (SSSR count). The molecule has 1 aromatic carbocycles. The zero-order valence-electron chi connectivity index (χ0n) is 18.5. The molecule has 0 atom stereocenters. The van der Waals surface area contributed by atoms with E-state index in [9.17, 15) is 4.79 Å². The lowest BCUT2D eigenvalue weighted by atomic mass is 10.1. The first-order valence-corrected chi connectivity index (χ1v) is 9.89. The molecule has 0 aliphatic carbocycles. The van der Waals surface area contributed by atoms with Gasteiger partial charge < -0.3 is 19.1 Å². The van der Waals surface area contributed by atoms with Crippen molar-refractivity contribution in [3.63, 3.8) is 0 Å². The molecule has 0 amide bonds. The van der Waals surface area contributed by atoms with Crippen LogP contribution in [0.15, 0.2) is 60.9 Å². The lowest BCUT2D eigenvalue weighted by Crippen LogP contribution is -2.24. The maximum atomic E-state index is 12.6. The average molecular weight is 421 g/mol. The maximum Gasteiger partial charge on any atom is 0.338 e. The number of ether oxygens (including phenoxy) is 3. The second kappa shape index (κ2) is 9.47. The first-order valence-electron chi connectivity index (χ1n) is 9.89. The van der Waals surface area contributed by atoms with Crippen molar-refractivity contribution in [2.24, 2.45) is 0 Å². The Morgan fingerprint density at radius 1 is 1.03 bits per heavy atom. The summed E-state index contributed by atoms with van der Waals surface area (Å²) in [6.45, 7) is 6.03. The van der Waals surface area contributed by atoms with Crippen LogP contribution in [0, 0.1) is 0 Å². The molecule has 0 aliphatic rings. The smallest absolute Gasteiger partial charge is 0.338 e. The minimum atomic E-state index is -0.576. The number of anilines is 2. The van der Waals surface area contributed by atoms with Crippen molar-refractivity contribution in [3.8, 4) is 11.6 Å². The van der Waals surface area contributed by atoms with E-state index in [0.717, 1.165) is 11.3 Å². The second-order valence-electron chi connectivity index (χ2n) is 7.88. The predicted molar refractivity (Wildman–Crippen MR) is 119 cm³/mol. The second-order valence-corrected chi connectivity index (χ2v) is 7.88. The Kier molecular flexibility index (Phi) is 6.74. The third-order valence-corrected chi connectivity index (χ3v) is 4.36. The fraction of sp³-hybridized carbons (Fsp3) is 0.292. The van der Waals surface area contributed by atoms with Gasteiger partial charge in [0.1, 0.15) is 11.4 Å². The fourth-order valence-electron chi connectivity index (χ4n) is 2.99.